The van der Waals surface area contributed by atoms with Crippen LogP contribution < -0.4 is 4.90 Å². The van der Waals surface area contributed by atoms with E-state index in [1.807, 2.05) is 12.1 Å². The van der Waals surface area contributed by atoms with Crippen LogP contribution in [0.3, 0.4) is 0 Å². The Morgan fingerprint density at radius 3 is 1.31 bits per heavy atom. The monoisotopic (exact) mass is 854 g/mol. The van der Waals surface area contributed by atoms with Crippen LogP contribution >= 0.6 is 0 Å². The van der Waals surface area contributed by atoms with Gasteiger partial charge in [-0.15, -0.1) is 0 Å². The van der Waals surface area contributed by atoms with Gasteiger partial charge in [-0.25, -0.2) is 0 Å². The van der Waals surface area contributed by atoms with Crippen LogP contribution in [0.15, 0.2) is 259 Å². The topological polar surface area (TPSA) is 21.3 Å². The lowest BCUT2D eigenvalue weighted by Crippen LogP contribution is -2.09. The maximum atomic E-state index is 6.25. The number of para-hydroxylation sites is 3. The number of hydrogen-bond acceptors (Lipinski definition) is 2. The van der Waals surface area contributed by atoms with Gasteiger partial charge in [0.25, 0.3) is 0 Å². The van der Waals surface area contributed by atoms with E-state index in [0.29, 0.717) is 0 Å². The summed E-state index contributed by atoms with van der Waals surface area (Å²) in [5.41, 5.74) is 18.0. The molecule has 2 heterocycles. The van der Waals surface area contributed by atoms with Crippen molar-refractivity contribution < 1.29 is 4.42 Å². The molecule has 0 radical (unpaired) electrons. The van der Waals surface area contributed by atoms with Gasteiger partial charge in [-0.05, 0) is 140 Å². The Balaban J connectivity index is 0.817. The van der Waals surface area contributed by atoms with Gasteiger partial charge in [0, 0.05) is 44.3 Å². The minimum Gasteiger partial charge on any atom is -0.456 e. The first-order valence-corrected chi connectivity index (χ1v) is 22.9. The highest BCUT2D eigenvalue weighted by Crippen LogP contribution is 2.40. The standard InChI is InChI=1S/C64H42N2O/c1-2-11-49-40-51(25-24-43(49)10-1)47-28-35-54(36-29-47)65(55-37-30-48(31-38-55)52-32-39-60-59-16-5-8-19-63(59)67-64(60)42-52)53-33-26-45(27-34-53)44-20-22-46(23-21-44)50-12-9-13-56(41-50)66-61-17-6-3-14-57(61)58-15-4-7-18-62(58)66/h1-42H. The Morgan fingerprint density at radius 1 is 0.269 bits per heavy atom. The number of nitrogens with zero attached hydrogens (tertiary/aromatic N) is 2. The van der Waals surface area contributed by atoms with Gasteiger partial charge >= 0.3 is 0 Å². The summed E-state index contributed by atoms with van der Waals surface area (Å²) in [4.78, 5) is 2.34. The normalized spacial score (nSPS) is 11.6. The lowest BCUT2D eigenvalue weighted by molar-refractivity contribution is 0.669. The maximum absolute atomic E-state index is 6.25. The molecule has 0 spiro atoms. The summed E-state index contributed by atoms with van der Waals surface area (Å²) in [6.45, 7) is 0. The van der Waals surface area contributed by atoms with Crippen LogP contribution in [0.2, 0.25) is 0 Å². The summed E-state index contributed by atoms with van der Waals surface area (Å²) in [5, 5.41) is 7.30. The van der Waals surface area contributed by atoms with Crippen molar-refractivity contribution in [3.05, 3.63) is 255 Å². The second kappa shape index (κ2) is 16.0. The number of hydrogen-bond donors (Lipinski definition) is 0. The molecule has 13 rings (SSSR count). The number of fused-ring (bicyclic) bond motifs is 7. The number of furan rings is 1. The fourth-order valence-electron chi connectivity index (χ4n) is 10.0. The van der Waals surface area contributed by atoms with Gasteiger partial charge in [-0.3, -0.25) is 0 Å². The highest BCUT2D eigenvalue weighted by molar-refractivity contribution is 6.09. The van der Waals surface area contributed by atoms with Crippen LogP contribution in [-0.2, 0) is 0 Å². The zero-order chi connectivity index (χ0) is 44.3. The van der Waals surface area contributed by atoms with Crippen LogP contribution in [0.25, 0.3) is 105 Å². The average Bonchev–Trinajstić information content (AvgIpc) is 3.95. The van der Waals surface area contributed by atoms with E-state index >= 15 is 0 Å². The Kier molecular flexibility index (Phi) is 9.17. The first-order chi connectivity index (χ1) is 33.2. The SMILES string of the molecule is c1cc(-c2ccc(-c3ccc(N(c4ccc(-c5ccc6ccccc6c5)cc4)c4ccc(-c5ccc6c(c5)oc5ccccc56)cc4)cc3)cc2)cc(-n2c3ccccc3c3ccccc32)c1. The summed E-state index contributed by atoms with van der Waals surface area (Å²) in [6, 6.07) is 91.9. The lowest BCUT2D eigenvalue weighted by Gasteiger charge is -2.26. The molecule has 0 aliphatic heterocycles. The van der Waals surface area contributed by atoms with Crippen molar-refractivity contribution in [2.24, 2.45) is 0 Å². The largest absolute Gasteiger partial charge is 0.456 e. The third kappa shape index (κ3) is 6.84. The molecule has 0 saturated heterocycles. The molecule has 0 aliphatic rings. The molecule has 3 heteroatoms. The predicted molar refractivity (Wildman–Crippen MR) is 282 cm³/mol. The zero-order valence-corrected chi connectivity index (χ0v) is 36.6. The van der Waals surface area contributed by atoms with E-state index in [0.717, 1.165) is 61.4 Å². The lowest BCUT2D eigenvalue weighted by atomic mass is 9.99. The highest BCUT2D eigenvalue weighted by atomic mass is 16.3. The van der Waals surface area contributed by atoms with Crippen molar-refractivity contribution >= 4 is 71.6 Å². The molecule has 0 unspecified atom stereocenters. The molecule has 11 aromatic carbocycles. The van der Waals surface area contributed by atoms with E-state index in [4.69, 9.17) is 4.42 Å². The predicted octanol–water partition coefficient (Wildman–Crippen LogP) is 18.0. The molecule has 3 nitrogen and oxygen atoms in total. The van der Waals surface area contributed by atoms with Gasteiger partial charge < -0.3 is 13.9 Å². The van der Waals surface area contributed by atoms with E-state index in [-0.39, 0.29) is 0 Å². The number of aromatic nitrogens is 1. The molecule has 0 N–H and O–H groups in total. The van der Waals surface area contributed by atoms with Crippen molar-refractivity contribution in [3.63, 3.8) is 0 Å². The number of rotatable bonds is 8. The van der Waals surface area contributed by atoms with Crippen LogP contribution in [0.1, 0.15) is 0 Å². The molecule has 0 saturated carbocycles. The zero-order valence-electron chi connectivity index (χ0n) is 36.6. The fourth-order valence-corrected chi connectivity index (χ4v) is 10.0. The summed E-state index contributed by atoms with van der Waals surface area (Å²) >= 11 is 0. The van der Waals surface area contributed by atoms with Crippen LogP contribution in [0.5, 0.6) is 0 Å². The fraction of sp³-hybridized carbons (Fsp3) is 0. The molecule has 0 atom stereocenters. The van der Waals surface area contributed by atoms with Gasteiger partial charge in [0.2, 0.25) is 0 Å². The Morgan fingerprint density at radius 2 is 0.701 bits per heavy atom. The van der Waals surface area contributed by atoms with Crippen molar-refractivity contribution in [1.29, 1.82) is 0 Å². The van der Waals surface area contributed by atoms with Gasteiger partial charge in [-0.1, -0.05) is 170 Å². The van der Waals surface area contributed by atoms with Crippen LogP contribution in [0, 0.1) is 0 Å². The van der Waals surface area contributed by atoms with Crippen LogP contribution in [0.4, 0.5) is 17.1 Å². The summed E-state index contributed by atoms with van der Waals surface area (Å²) in [6.07, 6.45) is 0. The first kappa shape index (κ1) is 38.5. The number of benzene rings is 11. The van der Waals surface area contributed by atoms with E-state index in [1.165, 1.54) is 60.4 Å². The second-order valence-electron chi connectivity index (χ2n) is 17.3. The molecule has 0 aliphatic carbocycles. The number of anilines is 3. The van der Waals surface area contributed by atoms with Crippen molar-refractivity contribution in [2.45, 2.75) is 0 Å². The first-order valence-electron chi connectivity index (χ1n) is 22.9. The average molecular weight is 855 g/mol. The minimum absolute atomic E-state index is 0.898. The van der Waals surface area contributed by atoms with Gasteiger partial charge in [0.1, 0.15) is 11.2 Å². The smallest absolute Gasteiger partial charge is 0.136 e. The Hall–Kier alpha value is -8.92. The molecule has 0 bridgehead atoms. The van der Waals surface area contributed by atoms with E-state index in [2.05, 4.69) is 252 Å². The van der Waals surface area contributed by atoms with E-state index in [9.17, 15) is 0 Å². The summed E-state index contributed by atoms with van der Waals surface area (Å²) in [7, 11) is 0. The summed E-state index contributed by atoms with van der Waals surface area (Å²) < 4.78 is 8.63. The van der Waals surface area contributed by atoms with Crippen LogP contribution in [-0.4, -0.2) is 4.57 Å². The van der Waals surface area contributed by atoms with Crippen molar-refractivity contribution in [2.75, 3.05) is 4.90 Å². The van der Waals surface area contributed by atoms with E-state index in [1.54, 1.807) is 0 Å². The second-order valence-corrected chi connectivity index (χ2v) is 17.3. The molecule has 13 aromatic rings. The summed E-state index contributed by atoms with van der Waals surface area (Å²) in [5.74, 6) is 0. The highest BCUT2D eigenvalue weighted by Gasteiger charge is 2.16. The minimum atomic E-state index is 0.898. The van der Waals surface area contributed by atoms with Crippen molar-refractivity contribution in [3.8, 4) is 50.2 Å². The molecule has 0 fully saturated rings. The Labute approximate surface area is 388 Å². The molecular formula is C64H42N2O. The molecule has 314 valence electrons. The van der Waals surface area contributed by atoms with Crippen molar-refractivity contribution in [1.82, 2.24) is 4.57 Å². The molecule has 67 heavy (non-hydrogen) atoms. The van der Waals surface area contributed by atoms with E-state index < -0.39 is 0 Å². The third-order valence-corrected chi connectivity index (χ3v) is 13.4. The molecular weight excluding hydrogens is 813 g/mol. The Bertz CT molecular complexity index is 3900. The quantitative estimate of drug-likeness (QED) is 0.152. The molecule has 2 aromatic heterocycles. The third-order valence-electron chi connectivity index (χ3n) is 13.4. The van der Waals surface area contributed by atoms with Gasteiger partial charge in [-0.2, -0.15) is 0 Å². The van der Waals surface area contributed by atoms with Gasteiger partial charge in [0.15, 0.2) is 0 Å². The molecule has 0 amide bonds. The maximum Gasteiger partial charge on any atom is 0.136 e. The van der Waals surface area contributed by atoms with Gasteiger partial charge in [0.05, 0.1) is 11.0 Å².